The van der Waals surface area contributed by atoms with Crippen LogP contribution in [-0.4, -0.2) is 30.4 Å². The fourth-order valence-corrected chi connectivity index (χ4v) is 1.92. The molecule has 4 nitrogen and oxygen atoms in total. The Bertz CT molecular complexity index is 428. The van der Waals surface area contributed by atoms with Gasteiger partial charge in [0.2, 0.25) is 0 Å². The minimum Gasteiger partial charge on any atom is -0.463 e. The molecule has 21 heavy (non-hydrogen) atoms. The molecular formula is C17H24O4. The molecule has 1 N–H and O–H groups in total. The molecule has 0 aliphatic heterocycles. The number of hydrogen-bond acceptors (Lipinski definition) is 4. The number of carbonyl (C=O) groups excluding carboxylic acids is 1. The van der Waals surface area contributed by atoms with Gasteiger partial charge in [-0.15, -0.1) is 0 Å². The molecule has 0 unspecified atom stereocenters. The number of hydrogen-bond donors (Lipinski definition) is 1. The molecule has 0 fully saturated rings. The Morgan fingerprint density at radius 2 is 2.00 bits per heavy atom. The van der Waals surface area contributed by atoms with Crippen molar-refractivity contribution in [2.75, 3.05) is 13.2 Å². The molecule has 2 atom stereocenters. The average Bonchev–Trinajstić information content (AvgIpc) is 2.49. The maximum absolute atomic E-state index is 11.3. The first-order valence-corrected chi connectivity index (χ1v) is 7.32. The molecule has 0 bridgehead atoms. The van der Waals surface area contributed by atoms with Crippen LogP contribution in [0.25, 0.3) is 0 Å². The number of aliphatic hydroxyl groups excluding tert-OH is 1. The normalized spacial score (nSPS) is 14.0. The summed E-state index contributed by atoms with van der Waals surface area (Å²) in [7, 11) is 0. The van der Waals surface area contributed by atoms with Crippen molar-refractivity contribution in [2.24, 2.45) is 5.92 Å². The highest BCUT2D eigenvalue weighted by molar-refractivity contribution is 5.81. The Morgan fingerprint density at radius 3 is 2.62 bits per heavy atom. The van der Waals surface area contributed by atoms with Crippen LogP contribution in [0.4, 0.5) is 0 Å². The number of ether oxygens (including phenoxy) is 2. The molecule has 1 aromatic rings. The van der Waals surface area contributed by atoms with Gasteiger partial charge in [-0.05, 0) is 18.9 Å². The molecule has 1 rings (SSSR count). The quantitative estimate of drug-likeness (QED) is 0.561. The van der Waals surface area contributed by atoms with Gasteiger partial charge in [0, 0.05) is 12.0 Å². The summed E-state index contributed by atoms with van der Waals surface area (Å²) in [6.07, 6.45) is 3.16. The first-order valence-electron chi connectivity index (χ1n) is 7.32. The third kappa shape index (κ3) is 7.06. The van der Waals surface area contributed by atoms with E-state index in [4.69, 9.17) is 9.47 Å². The molecule has 0 saturated carbocycles. The van der Waals surface area contributed by atoms with Crippen LogP contribution in [0.1, 0.15) is 25.8 Å². The topological polar surface area (TPSA) is 55.8 Å². The lowest BCUT2D eigenvalue weighted by Crippen LogP contribution is -2.24. The first-order chi connectivity index (χ1) is 10.2. The molecule has 4 heteroatoms. The summed E-state index contributed by atoms with van der Waals surface area (Å²) >= 11 is 0. The van der Waals surface area contributed by atoms with Gasteiger partial charge in [0.1, 0.15) is 0 Å². The molecular weight excluding hydrogens is 268 g/mol. The highest BCUT2D eigenvalue weighted by atomic mass is 16.5. The summed E-state index contributed by atoms with van der Waals surface area (Å²) in [6.45, 7) is 4.77. The van der Waals surface area contributed by atoms with Crippen molar-refractivity contribution >= 4 is 5.97 Å². The lowest BCUT2D eigenvalue weighted by Gasteiger charge is -2.18. The predicted molar refractivity (Wildman–Crippen MR) is 81.7 cm³/mol. The van der Waals surface area contributed by atoms with Crippen LogP contribution in [0.5, 0.6) is 0 Å². The van der Waals surface area contributed by atoms with E-state index in [1.54, 1.807) is 13.0 Å². The van der Waals surface area contributed by atoms with Crippen molar-refractivity contribution in [1.29, 1.82) is 0 Å². The van der Waals surface area contributed by atoms with Gasteiger partial charge >= 0.3 is 5.97 Å². The summed E-state index contributed by atoms with van der Waals surface area (Å²) in [5.74, 6) is -0.501. The number of carbonyl (C=O) groups is 1. The van der Waals surface area contributed by atoms with E-state index in [1.807, 2.05) is 37.3 Å². The van der Waals surface area contributed by atoms with Gasteiger partial charge in [0.05, 0.1) is 25.9 Å². The molecule has 1 aromatic carbocycles. The highest BCUT2D eigenvalue weighted by Gasteiger charge is 2.15. The van der Waals surface area contributed by atoms with Gasteiger partial charge in [-0.25, -0.2) is 4.79 Å². The van der Waals surface area contributed by atoms with E-state index in [0.717, 1.165) is 12.0 Å². The molecule has 116 valence electrons. The lowest BCUT2D eigenvalue weighted by atomic mass is 9.99. The van der Waals surface area contributed by atoms with E-state index < -0.39 is 6.10 Å². The van der Waals surface area contributed by atoms with Crippen LogP contribution in [0.15, 0.2) is 42.5 Å². The maximum Gasteiger partial charge on any atom is 0.330 e. The third-order valence-electron chi connectivity index (χ3n) is 3.13. The van der Waals surface area contributed by atoms with E-state index >= 15 is 0 Å². The second-order valence-corrected chi connectivity index (χ2v) is 4.75. The number of esters is 1. The lowest BCUT2D eigenvalue weighted by molar-refractivity contribution is -0.137. The second-order valence-electron chi connectivity index (χ2n) is 4.75. The SMILES string of the molecule is CCOC(=O)/C=C/[C@H](CC)[C@H](O)COCc1ccccc1. The number of benzene rings is 1. The smallest absolute Gasteiger partial charge is 0.330 e. The number of aliphatic hydroxyl groups is 1. The van der Waals surface area contributed by atoms with Crippen LogP contribution >= 0.6 is 0 Å². The minimum atomic E-state index is -0.635. The van der Waals surface area contributed by atoms with Gasteiger partial charge in [0.25, 0.3) is 0 Å². The number of rotatable bonds is 9. The van der Waals surface area contributed by atoms with Gasteiger partial charge in [-0.2, -0.15) is 0 Å². The first kappa shape index (κ1) is 17.4. The summed E-state index contributed by atoms with van der Waals surface area (Å²) < 4.78 is 10.3. The maximum atomic E-state index is 11.3. The Balaban J connectivity index is 2.37. The van der Waals surface area contributed by atoms with Crippen molar-refractivity contribution in [3.63, 3.8) is 0 Å². The Hall–Kier alpha value is -1.65. The van der Waals surface area contributed by atoms with E-state index in [1.165, 1.54) is 6.08 Å². The standard InChI is InChI=1S/C17H24O4/c1-3-15(10-11-17(19)21-4-2)16(18)13-20-12-14-8-6-5-7-9-14/h5-11,15-16,18H,3-4,12-13H2,1-2H3/b11-10+/t15-,16+/m0/s1. The average molecular weight is 292 g/mol. The van der Waals surface area contributed by atoms with E-state index in [9.17, 15) is 9.90 Å². The zero-order valence-corrected chi connectivity index (χ0v) is 12.7. The van der Waals surface area contributed by atoms with E-state index in [2.05, 4.69) is 0 Å². The van der Waals surface area contributed by atoms with Crippen molar-refractivity contribution in [3.05, 3.63) is 48.0 Å². The van der Waals surface area contributed by atoms with Crippen LogP contribution in [-0.2, 0) is 20.9 Å². The van der Waals surface area contributed by atoms with Gasteiger partial charge in [-0.1, -0.05) is 43.3 Å². The van der Waals surface area contributed by atoms with Gasteiger partial charge in [0.15, 0.2) is 0 Å². The molecule has 0 radical (unpaired) electrons. The van der Waals surface area contributed by atoms with Crippen LogP contribution < -0.4 is 0 Å². The molecule has 0 aliphatic carbocycles. The molecule has 0 saturated heterocycles. The Kier molecular flexibility index (Phi) is 8.40. The van der Waals surface area contributed by atoms with Crippen LogP contribution in [0.3, 0.4) is 0 Å². The zero-order chi connectivity index (χ0) is 15.5. The fraction of sp³-hybridized carbons (Fsp3) is 0.471. The molecule has 0 amide bonds. The summed E-state index contributed by atoms with van der Waals surface area (Å²) in [6, 6.07) is 9.80. The molecule has 0 spiro atoms. The Morgan fingerprint density at radius 1 is 1.29 bits per heavy atom. The Labute approximate surface area is 126 Å². The van der Waals surface area contributed by atoms with Crippen molar-refractivity contribution < 1.29 is 19.4 Å². The molecule has 0 heterocycles. The second kappa shape index (κ2) is 10.1. The van der Waals surface area contributed by atoms with Crippen LogP contribution in [0, 0.1) is 5.92 Å². The summed E-state index contributed by atoms with van der Waals surface area (Å²) in [5, 5.41) is 10.1. The van der Waals surface area contributed by atoms with Crippen LogP contribution in [0.2, 0.25) is 0 Å². The highest BCUT2D eigenvalue weighted by Crippen LogP contribution is 2.12. The van der Waals surface area contributed by atoms with Gasteiger partial charge < -0.3 is 14.6 Å². The summed E-state index contributed by atoms with van der Waals surface area (Å²) in [4.78, 5) is 11.3. The largest absolute Gasteiger partial charge is 0.463 e. The van der Waals surface area contributed by atoms with Gasteiger partial charge in [-0.3, -0.25) is 0 Å². The monoisotopic (exact) mass is 292 g/mol. The molecule has 0 aliphatic rings. The van der Waals surface area contributed by atoms with E-state index in [0.29, 0.717) is 13.2 Å². The van der Waals surface area contributed by atoms with Crippen molar-refractivity contribution in [1.82, 2.24) is 0 Å². The van der Waals surface area contributed by atoms with Crippen molar-refractivity contribution in [3.8, 4) is 0 Å². The fourth-order valence-electron chi connectivity index (χ4n) is 1.92. The van der Waals surface area contributed by atoms with E-state index in [-0.39, 0.29) is 18.5 Å². The summed E-state index contributed by atoms with van der Waals surface area (Å²) in [5.41, 5.74) is 1.07. The third-order valence-corrected chi connectivity index (χ3v) is 3.13. The molecule has 0 aromatic heterocycles. The minimum absolute atomic E-state index is 0.120. The van der Waals surface area contributed by atoms with Crippen molar-refractivity contribution in [2.45, 2.75) is 33.0 Å². The zero-order valence-electron chi connectivity index (χ0n) is 12.7. The predicted octanol–water partition coefficient (Wildman–Crippen LogP) is 2.71.